The van der Waals surface area contributed by atoms with E-state index in [9.17, 15) is 9.59 Å². The predicted octanol–water partition coefficient (Wildman–Crippen LogP) is -0.558. The maximum Gasteiger partial charge on any atom is 0.353 e. The third-order valence-electron chi connectivity index (χ3n) is 3.12. The fourth-order valence-electron chi connectivity index (χ4n) is 2.05. The van der Waals surface area contributed by atoms with E-state index in [0.29, 0.717) is 5.75 Å². The van der Waals surface area contributed by atoms with Gasteiger partial charge in [-0.05, 0) is 17.7 Å². The molecule has 0 saturated carbocycles. The molecule has 0 spiro atoms. The molecule has 2 heterocycles. The van der Waals surface area contributed by atoms with Gasteiger partial charge in [-0.15, -0.1) is 5.10 Å². The lowest BCUT2D eigenvalue weighted by Gasteiger charge is -2.06. The quantitative estimate of drug-likeness (QED) is 0.690. The number of nitrogens with zero attached hydrogens (tertiary/aromatic N) is 5. The zero-order valence-electron chi connectivity index (χ0n) is 11.6. The van der Waals surface area contributed by atoms with Gasteiger partial charge in [0.05, 0.1) is 13.7 Å². The Bertz CT molecular complexity index is 914. The van der Waals surface area contributed by atoms with E-state index in [-0.39, 0.29) is 17.9 Å². The van der Waals surface area contributed by atoms with Crippen LogP contribution in [0.4, 0.5) is 0 Å². The fourth-order valence-corrected chi connectivity index (χ4v) is 2.05. The Labute approximate surface area is 124 Å². The summed E-state index contributed by atoms with van der Waals surface area (Å²) in [5.41, 5.74) is 5.48. The van der Waals surface area contributed by atoms with Gasteiger partial charge >= 0.3 is 5.69 Å². The van der Waals surface area contributed by atoms with Gasteiger partial charge in [-0.3, -0.25) is 4.79 Å². The molecule has 1 aromatic carbocycles. The number of hydrogen-bond acceptors (Lipinski definition) is 6. The summed E-state index contributed by atoms with van der Waals surface area (Å²) in [6.45, 7) is 0.211. The number of nitrogens with two attached hydrogens (primary N) is 1. The molecule has 0 bridgehead atoms. The first-order chi connectivity index (χ1) is 10.6. The third kappa shape index (κ3) is 2.28. The smallest absolute Gasteiger partial charge is 0.353 e. The van der Waals surface area contributed by atoms with E-state index in [2.05, 4.69) is 15.3 Å². The Morgan fingerprint density at radius 2 is 2.23 bits per heavy atom. The zero-order chi connectivity index (χ0) is 15.7. The lowest BCUT2D eigenvalue weighted by atomic mass is 10.2. The molecule has 3 rings (SSSR count). The number of imidazole rings is 1. The summed E-state index contributed by atoms with van der Waals surface area (Å²) >= 11 is 0. The molecule has 0 saturated heterocycles. The molecular weight excluding hydrogens is 288 g/mol. The van der Waals surface area contributed by atoms with Crippen molar-refractivity contribution >= 4 is 11.6 Å². The number of carbonyl (C=O) groups excluding carboxylic acids is 1. The number of primary amides is 1. The minimum absolute atomic E-state index is 0.0411. The van der Waals surface area contributed by atoms with E-state index >= 15 is 0 Å². The van der Waals surface area contributed by atoms with Crippen LogP contribution in [0, 0.1) is 0 Å². The summed E-state index contributed by atoms with van der Waals surface area (Å²) in [5, 5.41) is 7.66. The number of fused-ring (bicyclic) bond motifs is 1. The van der Waals surface area contributed by atoms with Crippen LogP contribution in [-0.2, 0) is 6.54 Å². The van der Waals surface area contributed by atoms with Crippen molar-refractivity contribution < 1.29 is 9.53 Å². The summed E-state index contributed by atoms with van der Waals surface area (Å²) in [6, 6.07) is 7.24. The number of methoxy groups -OCH3 is 1. The minimum atomic E-state index is -0.762. The van der Waals surface area contributed by atoms with Gasteiger partial charge in [-0.2, -0.15) is 4.68 Å². The van der Waals surface area contributed by atoms with Crippen molar-refractivity contribution in [1.82, 2.24) is 24.4 Å². The molecule has 0 radical (unpaired) electrons. The van der Waals surface area contributed by atoms with Crippen LogP contribution in [0.15, 0.2) is 35.4 Å². The van der Waals surface area contributed by atoms with Gasteiger partial charge in [0.15, 0.2) is 11.3 Å². The van der Waals surface area contributed by atoms with Crippen molar-refractivity contribution in [2.45, 2.75) is 6.54 Å². The van der Waals surface area contributed by atoms with Gasteiger partial charge in [0.2, 0.25) is 0 Å². The first-order valence-electron chi connectivity index (χ1n) is 6.33. The van der Waals surface area contributed by atoms with Crippen LogP contribution in [-0.4, -0.2) is 37.4 Å². The standard InChI is InChI=1S/C13H12N6O3/c1-22-9-4-2-3-8(5-9)6-19-13(21)18-7-15-10(11(14)20)12(18)16-17-19/h2-5,7H,6H2,1H3,(H2,14,20). The summed E-state index contributed by atoms with van der Waals surface area (Å²) < 4.78 is 7.43. The van der Waals surface area contributed by atoms with Crippen LogP contribution in [0.3, 0.4) is 0 Å². The molecule has 0 unspecified atom stereocenters. The number of amides is 1. The van der Waals surface area contributed by atoms with Gasteiger partial charge in [0.25, 0.3) is 5.91 Å². The second-order valence-electron chi connectivity index (χ2n) is 4.53. The van der Waals surface area contributed by atoms with Gasteiger partial charge in [0, 0.05) is 0 Å². The van der Waals surface area contributed by atoms with Crippen molar-refractivity contribution in [2.24, 2.45) is 5.73 Å². The van der Waals surface area contributed by atoms with E-state index in [1.54, 1.807) is 19.2 Å². The molecule has 1 amide bonds. The number of rotatable bonds is 4. The third-order valence-corrected chi connectivity index (χ3v) is 3.12. The van der Waals surface area contributed by atoms with Crippen LogP contribution in [0.5, 0.6) is 5.75 Å². The predicted molar refractivity (Wildman–Crippen MR) is 75.7 cm³/mol. The maximum absolute atomic E-state index is 12.3. The largest absolute Gasteiger partial charge is 0.497 e. The average Bonchev–Trinajstić information content (AvgIpc) is 2.95. The molecular formula is C13H12N6O3. The van der Waals surface area contributed by atoms with E-state index < -0.39 is 11.6 Å². The molecule has 2 aromatic heterocycles. The first kappa shape index (κ1) is 13.7. The van der Waals surface area contributed by atoms with Gasteiger partial charge in [-0.1, -0.05) is 17.3 Å². The van der Waals surface area contributed by atoms with E-state index in [1.165, 1.54) is 6.33 Å². The molecule has 22 heavy (non-hydrogen) atoms. The molecule has 2 N–H and O–H groups in total. The average molecular weight is 300 g/mol. The number of hydrogen-bond donors (Lipinski definition) is 1. The van der Waals surface area contributed by atoms with Crippen molar-refractivity contribution in [3.63, 3.8) is 0 Å². The second kappa shape index (κ2) is 5.28. The van der Waals surface area contributed by atoms with E-state index in [0.717, 1.165) is 14.6 Å². The normalized spacial score (nSPS) is 10.8. The highest BCUT2D eigenvalue weighted by Gasteiger charge is 2.15. The minimum Gasteiger partial charge on any atom is -0.497 e. The molecule has 112 valence electrons. The molecule has 0 fully saturated rings. The zero-order valence-corrected chi connectivity index (χ0v) is 11.6. The molecule has 9 nitrogen and oxygen atoms in total. The van der Waals surface area contributed by atoms with Gasteiger partial charge in [-0.25, -0.2) is 14.2 Å². The molecule has 0 aliphatic rings. The molecule has 0 aliphatic carbocycles. The first-order valence-corrected chi connectivity index (χ1v) is 6.33. The highest BCUT2D eigenvalue weighted by Crippen LogP contribution is 2.12. The van der Waals surface area contributed by atoms with Crippen LogP contribution >= 0.6 is 0 Å². The van der Waals surface area contributed by atoms with E-state index in [4.69, 9.17) is 10.5 Å². The Hall–Kier alpha value is -3.23. The summed E-state index contributed by atoms with van der Waals surface area (Å²) in [5.74, 6) is -0.0834. The van der Waals surface area contributed by atoms with Crippen molar-refractivity contribution in [3.05, 3.63) is 52.3 Å². The number of carbonyl (C=O) groups is 1. The van der Waals surface area contributed by atoms with Crippen molar-refractivity contribution in [2.75, 3.05) is 7.11 Å². The highest BCUT2D eigenvalue weighted by molar-refractivity contribution is 5.96. The van der Waals surface area contributed by atoms with Crippen molar-refractivity contribution in [3.8, 4) is 5.75 Å². The lowest BCUT2D eigenvalue weighted by Crippen LogP contribution is -2.30. The van der Waals surface area contributed by atoms with E-state index in [1.807, 2.05) is 12.1 Å². The monoisotopic (exact) mass is 300 g/mol. The van der Waals surface area contributed by atoms with Crippen LogP contribution < -0.4 is 16.2 Å². The maximum atomic E-state index is 12.3. The fraction of sp³-hybridized carbons (Fsp3) is 0.154. The Morgan fingerprint density at radius 1 is 1.41 bits per heavy atom. The van der Waals surface area contributed by atoms with Crippen LogP contribution in [0.1, 0.15) is 16.1 Å². The Kier molecular flexibility index (Phi) is 3.30. The summed E-state index contributed by atoms with van der Waals surface area (Å²) in [7, 11) is 1.56. The topological polar surface area (TPSA) is 117 Å². The van der Waals surface area contributed by atoms with Gasteiger partial charge < -0.3 is 10.5 Å². The van der Waals surface area contributed by atoms with Crippen LogP contribution in [0.25, 0.3) is 5.65 Å². The SMILES string of the molecule is COc1cccc(Cn2nnc3c(C(N)=O)ncn3c2=O)c1. The Morgan fingerprint density at radius 3 is 2.95 bits per heavy atom. The van der Waals surface area contributed by atoms with Crippen LogP contribution in [0.2, 0.25) is 0 Å². The number of benzene rings is 1. The number of aromatic nitrogens is 5. The second-order valence-corrected chi connectivity index (χ2v) is 4.53. The lowest BCUT2D eigenvalue weighted by molar-refractivity contribution is 0.0997. The molecule has 9 heteroatoms. The summed E-state index contributed by atoms with van der Waals surface area (Å²) in [4.78, 5) is 27.3. The Balaban J connectivity index is 2.03. The van der Waals surface area contributed by atoms with Gasteiger partial charge in [0.1, 0.15) is 12.1 Å². The molecule has 0 aliphatic heterocycles. The summed E-state index contributed by atoms with van der Waals surface area (Å²) in [6.07, 6.45) is 1.20. The molecule has 3 aromatic rings. The highest BCUT2D eigenvalue weighted by atomic mass is 16.5. The molecule has 0 atom stereocenters. The number of ether oxygens (including phenoxy) is 1. The van der Waals surface area contributed by atoms with Crippen molar-refractivity contribution in [1.29, 1.82) is 0 Å².